The molecule has 0 fully saturated rings. The summed E-state index contributed by atoms with van der Waals surface area (Å²) in [5.74, 6) is -1.68. The van der Waals surface area contributed by atoms with Crippen LogP contribution in [-0.4, -0.2) is 46.6 Å². The maximum absolute atomic E-state index is 10.3. The van der Waals surface area contributed by atoms with Crippen LogP contribution in [0.1, 0.15) is 13.8 Å². The van der Waals surface area contributed by atoms with Crippen molar-refractivity contribution in [1.29, 1.82) is 0 Å². The highest BCUT2D eigenvalue weighted by atomic mass is 17.2. The molecule has 0 bridgehead atoms. The lowest BCUT2D eigenvalue weighted by Crippen LogP contribution is -2.20. The molecule has 116 valence electrons. The third-order valence-corrected chi connectivity index (χ3v) is 1.14. The van der Waals surface area contributed by atoms with E-state index in [1.807, 2.05) is 6.92 Å². The summed E-state index contributed by atoms with van der Waals surface area (Å²) >= 11 is 0. The van der Waals surface area contributed by atoms with Gasteiger partial charge in [0.25, 0.3) is 0 Å². The smallest absolute Gasteiger partial charge is 0.365 e. The average Bonchev–Trinajstić information content (AvgIpc) is 2.39. The summed E-state index contributed by atoms with van der Waals surface area (Å²) in [6.07, 6.45) is 1.64. The molecule has 1 atom stereocenters. The van der Waals surface area contributed by atoms with Crippen LogP contribution in [0.25, 0.3) is 0 Å². The van der Waals surface area contributed by atoms with E-state index in [2.05, 4.69) is 29.5 Å². The summed E-state index contributed by atoms with van der Waals surface area (Å²) in [7, 11) is 0. The van der Waals surface area contributed by atoms with Gasteiger partial charge in [-0.3, -0.25) is 4.89 Å². The molecule has 0 spiro atoms. The van der Waals surface area contributed by atoms with Gasteiger partial charge in [0.15, 0.2) is 0 Å². The standard InChI is InChI=1S/C6H10O5.C4H6O2.C3H6/c1-2-6(9)11-10-4-5(8)3-7;1-3(2)4(5)6;1-3-2/h2,5,7-8H,1,3-4H2;1H2,2H3,(H,5,6);3H,1H2,2H3. The lowest BCUT2D eigenvalue weighted by Gasteiger charge is -2.04. The predicted octanol–water partition coefficient (Wildman–Crippen LogP) is 0.840. The van der Waals surface area contributed by atoms with Crippen molar-refractivity contribution in [2.24, 2.45) is 0 Å². The van der Waals surface area contributed by atoms with Gasteiger partial charge in [-0.25, -0.2) is 9.59 Å². The molecule has 0 saturated heterocycles. The summed E-state index contributed by atoms with van der Waals surface area (Å²) in [5.41, 5.74) is 0.176. The third kappa shape index (κ3) is 25.0. The number of aliphatic hydroxyl groups is 2. The Labute approximate surface area is 118 Å². The number of carboxylic acid groups (broad SMARTS) is 1. The summed E-state index contributed by atoms with van der Waals surface area (Å²) < 4.78 is 0. The fraction of sp³-hybridized carbons (Fsp3) is 0.385. The molecule has 3 N–H and O–H groups in total. The van der Waals surface area contributed by atoms with Crippen LogP contribution in [-0.2, 0) is 19.4 Å². The van der Waals surface area contributed by atoms with E-state index >= 15 is 0 Å². The van der Waals surface area contributed by atoms with Crippen LogP contribution in [0.4, 0.5) is 0 Å². The minimum Gasteiger partial charge on any atom is -0.478 e. The van der Waals surface area contributed by atoms with Crippen molar-refractivity contribution in [1.82, 2.24) is 0 Å². The molecule has 0 aromatic heterocycles. The molecule has 0 amide bonds. The fourth-order valence-corrected chi connectivity index (χ4v) is 0.257. The van der Waals surface area contributed by atoms with E-state index in [-0.39, 0.29) is 12.2 Å². The molecule has 7 nitrogen and oxygen atoms in total. The molecule has 0 rings (SSSR count). The fourth-order valence-electron chi connectivity index (χ4n) is 0.257. The van der Waals surface area contributed by atoms with Crippen LogP contribution >= 0.6 is 0 Å². The van der Waals surface area contributed by atoms with Crippen LogP contribution in [0.5, 0.6) is 0 Å². The van der Waals surface area contributed by atoms with Gasteiger partial charge in [0.2, 0.25) is 0 Å². The lowest BCUT2D eigenvalue weighted by molar-refractivity contribution is -0.278. The molecule has 0 aromatic carbocycles. The SMILES string of the molecule is C=C(C)C(=O)O.C=CC.C=CC(=O)OOCC(O)CO. The maximum Gasteiger partial charge on any atom is 0.365 e. The van der Waals surface area contributed by atoms with Gasteiger partial charge in [-0.15, -0.1) is 6.58 Å². The Morgan fingerprint density at radius 3 is 2.00 bits per heavy atom. The first-order valence-electron chi connectivity index (χ1n) is 5.47. The zero-order valence-electron chi connectivity index (χ0n) is 11.7. The second-order valence-corrected chi connectivity index (χ2v) is 3.22. The van der Waals surface area contributed by atoms with E-state index in [4.69, 9.17) is 15.3 Å². The van der Waals surface area contributed by atoms with E-state index in [9.17, 15) is 9.59 Å². The normalized spacial score (nSPS) is 9.60. The van der Waals surface area contributed by atoms with Crippen LogP contribution in [0.3, 0.4) is 0 Å². The van der Waals surface area contributed by atoms with Crippen LogP contribution < -0.4 is 0 Å². The average molecular weight is 290 g/mol. The molecule has 20 heavy (non-hydrogen) atoms. The molecule has 0 radical (unpaired) electrons. The topological polar surface area (TPSA) is 113 Å². The number of carbonyl (C=O) groups is 2. The summed E-state index contributed by atoms with van der Waals surface area (Å²) in [6.45, 7) is 12.3. The van der Waals surface area contributed by atoms with Gasteiger partial charge in [-0.05, 0) is 13.8 Å². The monoisotopic (exact) mass is 290 g/mol. The van der Waals surface area contributed by atoms with Gasteiger partial charge < -0.3 is 15.3 Å². The van der Waals surface area contributed by atoms with Crippen molar-refractivity contribution in [3.63, 3.8) is 0 Å². The minimum atomic E-state index is -1.03. The van der Waals surface area contributed by atoms with E-state index in [1.54, 1.807) is 6.08 Å². The van der Waals surface area contributed by atoms with E-state index in [1.165, 1.54) is 6.92 Å². The molecule has 0 aliphatic carbocycles. The number of carboxylic acids is 1. The number of aliphatic carboxylic acids is 1. The van der Waals surface area contributed by atoms with Crippen LogP contribution in [0, 0.1) is 0 Å². The molecular weight excluding hydrogens is 268 g/mol. The second kappa shape index (κ2) is 17.0. The van der Waals surface area contributed by atoms with Crippen molar-refractivity contribution >= 4 is 11.9 Å². The zero-order valence-corrected chi connectivity index (χ0v) is 11.7. The Balaban J connectivity index is -0.000000270. The molecule has 0 heterocycles. The number of rotatable bonds is 6. The molecular formula is C13H22O7. The largest absolute Gasteiger partial charge is 0.478 e. The first-order chi connectivity index (χ1) is 9.26. The van der Waals surface area contributed by atoms with Gasteiger partial charge in [-0.2, -0.15) is 4.89 Å². The molecule has 0 aromatic rings. The first-order valence-corrected chi connectivity index (χ1v) is 5.47. The van der Waals surface area contributed by atoms with Gasteiger partial charge in [-0.1, -0.05) is 19.2 Å². The molecule has 0 saturated carbocycles. The van der Waals surface area contributed by atoms with Crippen molar-refractivity contribution in [2.45, 2.75) is 20.0 Å². The predicted molar refractivity (Wildman–Crippen MR) is 73.7 cm³/mol. The van der Waals surface area contributed by atoms with E-state index in [0.717, 1.165) is 6.08 Å². The number of hydrogen-bond acceptors (Lipinski definition) is 6. The highest BCUT2D eigenvalue weighted by Crippen LogP contribution is 1.86. The Bertz CT molecular complexity index is 298. The Morgan fingerprint density at radius 2 is 1.75 bits per heavy atom. The summed E-state index contributed by atoms with van der Waals surface area (Å²) in [5, 5.41) is 24.8. The summed E-state index contributed by atoms with van der Waals surface area (Å²) in [6, 6.07) is 0. The highest BCUT2D eigenvalue weighted by Gasteiger charge is 2.03. The van der Waals surface area contributed by atoms with Gasteiger partial charge >= 0.3 is 11.9 Å². The van der Waals surface area contributed by atoms with Crippen molar-refractivity contribution in [2.75, 3.05) is 13.2 Å². The van der Waals surface area contributed by atoms with Crippen molar-refractivity contribution < 1.29 is 34.7 Å². The highest BCUT2D eigenvalue weighted by molar-refractivity contribution is 5.84. The van der Waals surface area contributed by atoms with E-state index in [0.29, 0.717) is 0 Å². The Kier molecular flexibility index (Phi) is 19.7. The molecule has 1 unspecified atom stereocenters. The summed E-state index contributed by atoms with van der Waals surface area (Å²) in [4.78, 5) is 28.1. The van der Waals surface area contributed by atoms with Crippen molar-refractivity contribution in [3.8, 4) is 0 Å². The lowest BCUT2D eigenvalue weighted by atomic mass is 10.4. The third-order valence-electron chi connectivity index (χ3n) is 1.14. The zero-order chi connectivity index (χ0) is 16.6. The Hall–Kier alpha value is -1.96. The van der Waals surface area contributed by atoms with Gasteiger partial charge in [0.05, 0.1) is 6.61 Å². The van der Waals surface area contributed by atoms with Gasteiger partial charge in [0.1, 0.15) is 12.7 Å². The number of carbonyl (C=O) groups excluding carboxylic acids is 1. The van der Waals surface area contributed by atoms with Crippen LogP contribution in [0.15, 0.2) is 37.5 Å². The minimum absolute atomic E-state index is 0.176. The first kappa shape index (κ1) is 23.2. The number of hydrogen-bond donors (Lipinski definition) is 3. The van der Waals surface area contributed by atoms with E-state index < -0.39 is 24.6 Å². The Morgan fingerprint density at radius 1 is 1.35 bits per heavy atom. The number of allylic oxidation sites excluding steroid dienone is 1. The van der Waals surface area contributed by atoms with Gasteiger partial charge in [0, 0.05) is 11.6 Å². The van der Waals surface area contributed by atoms with Crippen molar-refractivity contribution in [3.05, 3.63) is 37.5 Å². The quantitative estimate of drug-likeness (QED) is 0.287. The second-order valence-electron chi connectivity index (χ2n) is 3.22. The van der Waals surface area contributed by atoms with Crippen LogP contribution in [0.2, 0.25) is 0 Å². The molecule has 0 aliphatic heterocycles. The maximum atomic E-state index is 10.3. The molecule has 7 heteroatoms. The number of aliphatic hydroxyl groups excluding tert-OH is 2. The molecule has 0 aliphatic rings.